The Morgan fingerprint density at radius 2 is 1.74 bits per heavy atom. The van der Waals surface area contributed by atoms with Crippen molar-refractivity contribution in [3.8, 4) is 0 Å². The van der Waals surface area contributed by atoms with Gasteiger partial charge in [-0.2, -0.15) is 13.2 Å². The minimum Gasteiger partial charge on any atom is -0.348 e. The normalized spacial score (nSPS) is 16.8. The lowest BCUT2D eigenvalue weighted by atomic mass is 10.1. The van der Waals surface area contributed by atoms with Gasteiger partial charge in [0.1, 0.15) is 5.82 Å². The molecule has 0 bridgehead atoms. The van der Waals surface area contributed by atoms with Crippen LogP contribution in [0.5, 0.6) is 0 Å². The second kappa shape index (κ2) is 11.0. The summed E-state index contributed by atoms with van der Waals surface area (Å²) in [7, 11) is -3.29. The maximum Gasteiger partial charge on any atom is 0.416 e. The van der Waals surface area contributed by atoms with Gasteiger partial charge in [-0.1, -0.05) is 18.2 Å². The number of nitrogens with one attached hydrogen (secondary N) is 3. The summed E-state index contributed by atoms with van der Waals surface area (Å²) in [5.41, 5.74) is -0.595. The van der Waals surface area contributed by atoms with E-state index >= 15 is 0 Å². The molecule has 3 N–H and O–H groups in total. The van der Waals surface area contributed by atoms with E-state index in [9.17, 15) is 35.6 Å². The van der Waals surface area contributed by atoms with Crippen LogP contribution in [0.1, 0.15) is 44.7 Å². The number of anilines is 3. The molecule has 8 nitrogen and oxygen atoms in total. The van der Waals surface area contributed by atoms with Crippen LogP contribution in [0, 0.1) is 12.7 Å². The monoisotopic (exact) mass is 564 g/mol. The molecule has 39 heavy (non-hydrogen) atoms. The van der Waals surface area contributed by atoms with E-state index in [1.165, 1.54) is 12.3 Å². The van der Waals surface area contributed by atoms with E-state index in [1.54, 1.807) is 18.2 Å². The van der Waals surface area contributed by atoms with Gasteiger partial charge >= 0.3 is 6.18 Å². The minimum absolute atomic E-state index is 0.0289. The predicted octanol–water partition coefficient (Wildman–Crippen LogP) is 4.85. The molecule has 1 fully saturated rings. The van der Waals surface area contributed by atoms with Crippen LogP contribution in [-0.4, -0.2) is 42.8 Å². The topological polar surface area (TPSA) is 117 Å². The highest BCUT2D eigenvalue weighted by atomic mass is 32.2. The Kier molecular flexibility index (Phi) is 7.91. The molecule has 0 spiro atoms. The molecule has 1 aliphatic heterocycles. The van der Waals surface area contributed by atoms with Crippen molar-refractivity contribution in [3.05, 3.63) is 82.8 Å². The van der Waals surface area contributed by atoms with Crippen LogP contribution in [0.15, 0.2) is 54.7 Å². The summed E-state index contributed by atoms with van der Waals surface area (Å²) >= 11 is 0. The number of aromatic nitrogens is 1. The summed E-state index contributed by atoms with van der Waals surface area (Å²) in [4.78, 5) is 30.0. The zero-order valence-corrected chi connectivity index (χ0v) is 21.4. The molecule has 4 rings (SSSR count). The predicted molar refractivity (Wildman–Crippen MR) is 137 cm³/mol. The van der Waals surface area contributed by atoms with Gasteiger partial charge in [-0.25, -0.2) is 17.8 Å². The number of alkyl halides is 3. The van der Waals surface area contributed by atoms with Crippen molar-refractivity contribution in [2.24, 2.45) is 0 Å². The Bertz CT molecular complexity index is 1530. The molecule has 0 radical (unpaired) electrons. The molecule has 206 valence electrons. The minimum atomic E-state index is -4.87. The molecule has 0 saturated carbocycles. The third-order valence-electron chi connectivity index (χ3n) is 6.08. The van der Waals surface area contributed by atoms with Crippen LogP contribution in [-0.2, 0) is 16.0 Å². The molecule has 1 atom stereocenters. The van der Waals surface area contributed by atoms with Crippen molar-refractivity contribution < 1.29 is 35.6 Å². The molecule has 2 amide bonds. The van der Waals surface area contributed by atoms with E-state index in [0.717, 1.165) is 5.56 Å². The Balaban J connectivity index is 1.65. The number of halogens is 4. The second-order valence-corrected chi connectivity index (χ2v) is 11.4. The number of aryl methyl sites for hydroxylation is 1. The van der Waals surface area contributed by atoms with E-state index in [0.29, 0.717) is 30.7 Å². The lowest BCUT2D eigenvalue weighted by molar-refractivity contribution is -0.137. The van der Waals surface area contributed by atoms with Crippen LogP contribution >= 0.6 is 0 Å². The van der Waals surface area contributed by atoms with E-state index in [2.05, 4.69) is 20.9 Å². The van der Waals surface area contributed by atoms with E-state index < -0.39 is 50.8 Å². The van der Waals surface area contributed by atoms with Crippen LogP contribution in [0.25, 0.3) is 0 Å². The number of carbonyl (C=O) groups is 2. The number of rotatable bonds is 6. The molecule has 1 aliphatic rings. The van der Waals surface area contributed by atoms with Gasteiger partial charge in [0.15, 0.2) is 15.7 Å². The molecule has 3 aromatic rings. The number of hydrogen-bond donors (Lipinski definition) is 3. The summed E-state index contributed by atoms with van der Waals surface area (Å²) in [6.07, 6.45) is -2.79. The number of hydrogen-bond acceptors (Lipinski definition) is 6. The molecule has 2 aromatic carbocycles. The fourth-order valence-electron chi connectivity index (χ4n) is 4.11. The summed E-state index contributed by atoms with van der Waals surface area (Å²) in [6, 6.07) is 9.19. The maximum atomic E-state index is 13.9. The summed E-state index contributed by atoms with van der Waals surface area (Å²) in [5.74, 6) is -3.04. The fraction of sp³-hybridized carbons (Fsp3) is 0.269. The molecule has 1 aromatic heterocycles. The van der Waals surface area contributed by atoms with Gasteiger partial charge in [-0.3, -0.25) is 9.59 Å². The molecule has 0 aliphatic carbocycles. The quantitative estimate of drug-likeness (QED) is 0.369. The van der Waals surface area contributed by atoms with E-state index in [4.69, 9.17) is 0 Å². The maximum absolute atomic E-state index is 13.9. The summed E-state index contributed by atoms with van der Waals surface area (Å²) in [5, 5.41) is 8.07. The highest BCUT2D eigenvalue weighted by molar-refractivity contribution is 7.91. The van der Waals surface area contributed by atoms with E-state index in [-0.39, 0.29) is 34.6 Å². The van der Waals surface area contributed by atoms with Crippen LogP contribution < -0.4 is 16.0 Å². The van der Waals surface area contributed by atoms with Crippen LogP contribution in [0.2, 0.25) is 0 Å². The number of sulfone groups is 1. The fourth-order valence-corrected chi connectivity index (χ4v) is 5.75. The van der Waals surface area contributed by atoms with Crippen LogP contribution in [0.3, 0.4) is 0 Å². The lowest BCUT2D eigenvalue weighted by Crippen LogP contribution is -2.43. The van der Waals surface area contributed by atoms with Crippen molar-refractivity contribution >= 4 is 38.8 Å². The zero-order valence-electron chi connectivity index (χ0n) is 20.6. The molecule has 1 unspecified atom stereocenters. The first-order chi connectivity index (χ1) is 18.3. The third-order valence-corrected chi connectivity index (χ3v) is 7.90. The van der Waals surface area contributed by atoms with Gasteiger partial charge in [0.05, 0.1) is 28.3 Å². The number of amides is 2. The molecule has 13 heteroatoms. The smallest absolute Gasteiger partial charge is 0.348 e. The first-order valence-electron chi connectivity index (χ1n) is 11.8. The number of benzene rings is 2. The first-order valence-corrected chi connectivity index (χ1v) is 13.7. The van der Waals surface area contributed by atoms with Gasteiger partial charge in [0.2, 0.25) is 0 Å². The van der Waals surface area contributed by atoms with Gasteiger partial charge < -0.3 is 16.0 Å². The van der Waals surface area contributed by atoms with Crippen molar-refractivity contribution in [2.75, 3.05) is 22.1 Å². The Labute approximate surface area is 221 Å². The SMILES string of the molecule is Cc1ccccc1Nc1ncc(C(=O)NC2CCCS(=O)(=O)C2)cc1NC(=O)c1cc(F)cc(C(F)(F)F)c1. The van der Waals surface area contributed by atoms with Crippen molar-refractivity contribution in [1.29, 1.82) is 0 Å². The van der Waals surface area contributed by atoms with Crippen molar-refractivity contribution in [3.63, 3.8) is 0 Å². The standard InChI is InChI=1S/C26H24F4N4O4S/c1-15-5-2-3-7-21(15)33-23-22(34-24(35)16-9-18(26(28,29)30)12-19(27)10-16)11-17(13-31-23)25(36)32-20-6-4-8-39(37,38)14-20/h2-3,5,7,9-13,20H,4,6,8,14H2,1H3,(H,31,33)(H,32,36)(H,34,35). The first kappa shape index (κ1) is 28.0. The third kappa shape index (κ3) is 7.11. The Morgan fingerprint density at radius 1 is 1.00 bits per heavy atom. The molecular weight excluding hydrogens is 540 g/mol. The summed E-state index contributed by atoms with van der Waals surface area (Å²) < 4.78 is 77.3. The van der Waals surface area contributed by atoms with Crippen molar-refractivity contribution in [2.45, 2.75) is 32.0 Å². The number of para-hydroxylation sites is 1. The highest BCUT2D eigenvalue weighted by Crippen LogP contribution is 2.31. The number of nitrogens with zero attached hydrogens (tertiary/aromatic N) is 1. The van der Waals surface area contributed by atoms with Crippen LogP contribution in [0.4, 0.5) is 34.8 Å². The van der Waals surface area contributed by atoms with Gasteiger partial charge in [0, 0.05) is 23.5 Å². The Morgan fingerprint density at radius 3 is 2.44 bits per heavy atom. The average molecular weight is 565 g/mol. The largest absolute Gasteiger partial charge is 0.416 e. The van der Waals surface area contributed by atoms with E-state index in [1.807, 2.05) is 13.0 Å². The van der Waals surface area contributed by atoms with Gasteiger partial charge in [0.25, 0.3) is 11.8 Å². The lowest BCUT2D eigenvalue weighted by Gasteiger charge is -2.23. The van der Waals surface area contributed by atoms with Gasteiger partial charge in [-0.05, 0) is 55.7 Å². The summed E-state index contributed by atoms with van der Waals surface area (Å²) in [6.45, 7) is 1.81. The average Bonchev–Trinajstić information content (AvgIpc) is 2.84. The Hall–Kier alpha value is -4.00. The van der Waals surface area contributed by atoms with Crippen molar-refractivity contribution in [1.82, 2.24) is 10.3 Å². The molecule has 2 heterocycles. The molecular formula is C26H24F4N4O4S. The number of pyridine rings is 1. The zero-order chi connectivity index (χ0) is 28.4. The number of carbonyl (C=O) groups excluding carboxylic acids is 2. The van der Waals surface area contributed by atoms with Gasteiger partial charge in [-0.15, -0.1) is 0 Å². The molecule has 1 saturated heterocycles. The second-order valence-electron chi connectivity index (χ2n) is 9.17. The highest BCUT2D eigenvalue weighted by Gasteiger charge is 2.32.